The van der Waals surface area contributed by atoms with Crippen LogP contribution in [-0.4, -0.2) is 52.0 Å². The van der Waals surface area contributed by atoms with Crippen LogP contribution in [0.15, 0.2) is 29.4 Å². The zero-order valence-electron chi connectivity index (χ0n) is 10.7. The lowest BCUT2D eigenvalue weighted by atomic mass is 10.4. The first kappa shape index (κ1) is 16.4. The highest BCUT2D eigenvalue weighted by molar-refractivity contribution is 7.91. The van der Waals surface area contributed by atoms with Crippen molar-refractivity contribution in [3.8, 4) is 0 Å². The number of pyridine rings is 1. The van der Waals surface area contributed by atoms with Crippen LogP contribution in [0.3, 0.4) is 0 Å². The molecule has 2 heterocycles. The van der Waals surface area contributed by atoms with E-state index in [9.17, 15) is 8.42 Å². The minimum absolute atomic E-state index is 0. The van der Waals surface area contributed by atoms with Crippen molar-refractivity contribution in [1.82, 2.24) is 4.98 Å². The SMILES string of the molecule is O=S(=O)(CCC[NH+]1CCOCC1)c1ccccn1.[Cl-]. The minimum atomic E-state index is -3.22. The van der Waals surface area contributed by atoms with Crippen LogP contribution in [-0.2, 0) is 14.6 Å². The van der Waals surface area contributed by atoms with Gasteiger partial charge in [0.15, 0.2) is 14.9 Å². The molecule has 1 N–H and O–H groups in total. The van der Waals surface area contributed by atoms with Gasteiger partial charge in [-0.3, -0.25) is 0 Å². The van der Waals surface area contributed by atoms with Gasteiger partial charge in [0.2, 0.25) is 0 Å². The number of hydrogen-bond donors (Lipinski definition) is 1. The quantitative estimate of drug-likeness (QED) is 0.605. The van der Waals surface area contributed by atoms with Crippen LogP contribution >= 0.6 is 0 Å². The first-order valence-corrected chi connectivity index (χ1v) is 7.89. The summed E-state index contributed by atoms with van der Waals surface area (Å²) >= 11 is 0. The molecule has 0 radical (unpaired) electrons. The first-order valence-electron chi connectivity index (χ1n) is 6.23. The number of nitrogens with one attached hydrogen (secondary N) is 1. The molecule has 7 heteroatoms. The summed E-state index contributed by atoms with van der Waals surface area (Å²) in [7, 11) is -3.22. The molecule has 2 rings (SSSR count). The molecule has 1 fully saturated rings. The van der Waals surface area contributed by atoms with E-state index in [0.29, 0.717) is 6.42 Å². The summed E-state index contributed by atoms with van der Waals surface area (Å²) in [5.74, 6) is 0.175. The van der Waals surface area contributed by atoms with Crippen molar-refractivity contribution in [3.63, 3.8) is 0 Å². The number of halogens is 1. The Hall–Kier alpha value is -0.690. The molecule has 0 bridgehead atoms. The van der Waals surface area contributed by atoms with Crippen molar-refractivity contribution < 1.29 is 30.5 Å². The van der Waals surface area contributed by atoms with E-state index < -0.39 is 9.84 Å². The summed E-state index contributed by atoms with van der Waals surface area (Å²) in [6.07, 6.45) is 2.19. The number of hydrogen-bond acceptors (Lipinski definition) is 4. The third-order valence-corrected chi connectivity index (χ3v) is 4.80. The highest BCUT2D eigenvalue weighted by Gasteiger charge is 2.18. The minimum Gasteiger partial charge on any atom is -1.00 e. The highest BCUT2D eigenvalue weighted by atomic mass is 35.5. The topological polar surface area (TPSA) is 60.7 Å². The molecular formula is C12H19ClN2O3S. The van der Waals surface area contributed by atoms with Gasteiger partial charge in [0.25, 0.3) is 0 Å². The summed E-state index contributed by atoms with van der Waals surface area (Å²) in [6, 6.07) is 4.97. The second-order valence-electron chi connectivity index (χ2n) is 4.45. The Labute approximate surface area is 120 Å². The third-order valence-electron chi connectivity index (χ3n) is 3.10. The van der Waals surface area contributed by atoms with Gasteiger partial charge in [-0.2, -0.15) is 0 Å². The predicted molar refractivity (Wildman–Crippen MR) is 67.3 cm³/mol. The lowest BCUT2D eigenvalue weighted by Gasteiger charge is -2.23. The van der Waals surface area contributed by atoms with Crippen LogP contribution in [0.1, 0.15) is 6.42 Å². The van der Waals surface area contributed by atoms with E-state index in [1.807, 2.05) is 0 Å². The van der Waals surface area contributed by atoms with Crippen molar-refractivity contribution in [1.29, 1.82) is 0 Å². The Bertz CT molecular complexity index is 461. The summed E-state index contributed by atoms with van der Waals surface area (Å²) in [6.45, 7) is 4.40. The number of rotatable bonds is 5. The van der Waals surface area contributed by atoms with Gasteiger partial charge in [-0.25, -0.2) is 13.4 Å². The molecular weight excluding hydrogens is 288 g/mol. The number of ether oxygens (including phenoxy) is 1. The van der Waals surface area contributed by atoms with E-state index in [0.717, 1.165) is 32.8 Å². The van der Waals surface area contributed by atoms with Gasteiger partial charge in [-0.05, 0) is 12.1 Å². The average molecular weight is 307 g/mol. The van der Waals surface area contributed by atoms with Gasteiger partial charge in [-0.15, -0.1) is 0 Å². The van der Waals surface area contributed by atoms with Gasteiger partial charge < -0.3 is 22.0 Å². The van der Waals surface area contributed by atoms with Crippen molar-refractivity contribution in [2.24, 2.45) is 0 Å². The molecule has 1 aromatic rings. The number of nitrogens with zero attached hydrogens (tertiary/aromatic N) is 1. The smallest absolute Gasteiger partial charge is 0.195 e. The number of morpholine rings is 1. The largest absolute Gasteiger partial charge is 1.00 e. The maximum absolute atomic E-state index is 12.0. The molecule has 1 aliphatic rings. The maximum Gasteiger partial charge on any atom is 0.195 e. The Morgan fingerprint density at radius 1 is 1.26 bits per heavy atom. The number of sulfone groups is 1. The van der Waals surface area contributed by atoms with Gasteiger partial charge in [0.1, 0.15) is 13.1 Å². The second-order valence-corrected chi connectivity index (χ2v) is 6.51. The average Bonchev–Trinajstić information content (AvgIpc) is 2.41. The van der Waals surface area contributed by atoms with Crippen molar-refractivity contribution in [3.05, 3.63) is 24.4 Å². The molecule has 0 saturated carbocycles. The van der Waals surface area contributed by atoms with Crippen molar-refractivity contribution >= 4 is 9.84 Å². The summed E-state index contributed by atoms with van der Waals surface area (Å²) in [5, 5.41) is 0.182. The van der Waals surface area contributed by atoms with Crippen LogP contribution < -0.4 is 17.3 Å². The van der Waals surface area contributed by atoms with Crippen LogP contribution in [0.4, 0.5) is 0 Å². The van der Waals surface area contributed by atoms with Crippen molar-refractivity contribution in [2.45, 2.75) is 11.4 Å². The molecule has 5 nitrogen and oxygen atoms in total. The zero-order valence-corrected chi connectivity index (χ0v) is 12.3. The van der Waals surface area contributed by atoms with E-state index in [1.54, 1.807) is 18.2 Å². The molecule has 0 atom stereocenters. The lowest BCUT2D eigenvalue weighted by Crippen LogP contribution is -3.14. The van der Waals surface area contributed by atoms with Crippen LogP contribution in [0.25, 0.3) is 0 Å². The standard InChI is InChI=1S/C12H18N2O3S.ClH/c15-18(16,12-4-1-2-5-13-12)11-3-6-14-7-9-17-10-8-14;/h1-2,4-5H,3,6-11H2;1H. The normalized spacial score (nSPS) is 16.8. The maximum atomic E-state index is 12.0. The summed E-state index contributed by atoms with van der Waals surface area (Å²) in [4.78, 5) is 5.33. The Morgan fingerprint density at radius 2 is 2.00 bits per heavy atom. The molecule has 108 valence electrons. The van der Waals surface area contributed by atoms with E-state index >= 15 is 0 Å². The predicted octanol–water partition coefficient (Wildman–Crippen LogP) is -3.84. The third kappa shape index (κ3) is 5.06. The molecule has 0 aromatic carbocycles. The summed E-state index contributed by atoms with van der Waals surface area (Å²) in [5.41, 5.74) is 0. The Balaban J connectivity index is 0.00000180. The van der Waals surface area contributed by atoms with E-state index in [2.05, 4.69) is 4.98 Å². The van der Waals surface area contributed by atoms with Gasteiger partial charge >= 0.3 is 0 Å². The molecule has 19 heavy (non-hydrogen) atoms. The van der Waals surface area contributed by atoms with Crippen LogP contribution in [0.2, 0.25) is 0 Å². The molecule has 0 amide bonds. The fourth-order valence-corrected chi connectivity index (χ4v) is 3.30. The fourth-order valence-electron chi connectivity index (χ4n) is 2.06. The Morgan fingerprint density at radius 3 is 2.63 bits per heavy atom. The second kappa shape index (κ2) is 7.79. The molecule has 0 spiro atoms. The first-order chi connectivity index (χ1) is 8.68. The fraction of sp³-hybridized carbons (Fsp3) is 0.583. The van der Waals surface area contributed by atoms with Gasteiger partial charge in [-0.1, -0.05) is 6.07 Å². The summed E-state index contributed by atoms with van der Waals surface area (Å²) < 4.78 is 29.2. The molecule has 0 aliphatic carbocycles. The van der Waals surface area contributed by atoms with E-state index in [1.165, 1.54) is 11.1 Å². The molecule has 1 saturated heterocycles. The van der Waals surface area contributed by atoms with Crippen LogP contribution in [0, 0.1) is 0 Å². The Kier molecular flexibility index (Phi) is 6.71. The van der Waals surface area contributed by atoms with Crippen molar-refractivity contribution in [2.75, 3.05) is 38.6 Å². The highest BCUT2D eigenvalue weighted by Crippen LogP contribution is 2.07. The van der Waals surface area contributed by atoms with Gasteiger partial charge in [0.05, 0.1) is 25.5 Å². The monoisotopic (exact) mass is 306 g/mol. The molecule has 0 unspecified atom stereocenters. The van der Waals surface area contributed by atoms with E-state index in [4.69, 9.17) is 4.74 Å². The van der Waals surface area contributed by atoms with Crippen LogP contribution in [0.5, 0.6) is 0 Å². The number of quaternary nitrogens is 1. The molecule has 1 aliphatic heterocycles. The number of aromatic nitrogens is 1. The zero-order chi connectivity index (χ0) is 12.8. The lowest BCUT2D eigenvalue weighted by molar-refractivity contribution is -0.908. The molecule has 1 aromatic heterocycles. The van der Waals surface area contributed by atoms with E-state index in [-0.39, 0.29) is 23.2 Å². The van der Waals surface area contributed by atoms with Gasteiger partial charge in [0, 0.05) is 12.6 Å².